The maximum absolute atomic E-state index is 10.4. The Morgan fingerprint density at radius 1 is 0.960 bits per heavy atom. The molecule has 1 aromatic carbocycles. The second kappa shape index (κ2) is 11.4. The molecule has 2 aromatic rings. The minimum atomic E-state index is 0.547. The molecule has 0 unspecified atom stereocenters. The standard InChI is InChI=1S/C22H29NO2/c1-2-3-4-5-6-7-17-25-21-13-11-20(12-14-21)22-15-10-19(18-23-22)9-8-16-24/h10-16,18H,2-9,17H2,1H3. The molecule has 0 fully saturated rings. The maximum atomic E-state index is 10.4. The molecule has 1 aromatic heterocycles. The average molecular weight is 339 g/mol. The van der Waals surface area contributed by atoms with Crippen molar-refractivity contribution in [2.45, 2.75) is 58.3 Å². The fourth-order valence-corrected chi connectivity index (χ4v) is 2.76. The molecule has 2 rings (SSSR count). The fourth-order valence-electron chi connectivity index (χ4n) is 2.76. The van der Waals surface area contributed by atoms with E-state index in [4.69, 9.17) is 4.74 Å². The number of aldehydes is 1. The molecule has 0 spiro atoms. The minimum Gasteiger partial charge on any atom is -0.494 e. The van der Waals surface area contributed by atoms with Crippen LogP contribution < -0.4 is 4.74 Å². The zero-order valence-corrected chi connectivity index (χ0v) is 15.2. The average Bonchev–Trinajstić information content (AvgIpc) is 2.66. The maximum Gasteiger partial charge on any atom is 0.120 e. The lowest BCUT2D eigenvalue weighted by Crippen LogP contribution is -1.97. The van der Waals surface area contributed by atoms with E-state index in [1.54, 1.807) is 0 Å². The highest BCUT2D eigenvalue weighted by atomic mass is 16.5. The van der Waals surface area contributed by atoms with E-state index in [0.717, 1.165) is 48.3 Å². The van der Waals surface area contributed by atoms with Crippen LogP contribution in [-0.2, 0) is 11.2 Å². The van der Waals surface area contributed by atoms with Crippen LogP contribution >= 0.6 is 0 Å². The lowest BCUT2D eigenvalue weighted by atomic mass is 10.1. The summed E-state index contributed by atoms with van der Waals surface area (Å²) in [7, 11) is 0. The summed E-state index contributed by atoms with van der Waals surface area (Å²) in [5.41, 5.74) is 3.11. The minimum absolute atomic E-state index is 0.547. The zero-order valence-electron chi connectivity index (χ0n) is 15.2. The zero-order chi connectivity index (χ0) is 17.7. The van der Waals surface area contributed by atoms with Crippen molar-refractivity contribution in [1.82, 2.24) is 4.98 Å². The van der Waals surface area contributed by atoms with Gasteiger partial charge in [-0.1, -0.05) is 45.1 Å². The van der Waals surface area contributed by atoms with Crippen molar-refractivity contribution in [3.8, 4) is 17.0 Å². The van der Waals surface area contributed by atoms with Crippen molar-refractivity contribution in [3.05, 3.63) is 48.2 Å². The molecular formula is C22H29NO2. The first-order valence-corrected chi connectivity index (χ1v) is 9.45. The molecule has 0 aliphatic carbocycles. The summed E-state index contributed by atoms with van der Waals surface area (Å²) in [4.78, 5) is 14.9. The summed E-state index contributed by atoms with van der Waals surface area (Å²) < 4.78 is 5.81. The SMILES string of the molecule is CCCCCCCCOc1ccc(-c2ccc(CCC=O)cn2)cc1. The van der Waals surface area contributed by atoms with Crippen molar-refractivity contribution in [2.75, 3.05) is 6.61 Å². The van der Waals surface area contributed by atoms with Gasteiger partial charge in [0.25, 0.3) is 0 Å². The second-order valence-electron chi connectivity index (χ2n) is 6.40. The number of rotatable bonds is 12. The number of carbonyl (C=O) groups is 1. The molecule has 0 radical (unpaired) electrons. The van der Waals surface area contributed by atoms with Crippen molar-refractivity contribution >= 4 is 6.29 Å². The molecule has 0 amide bonds. The molecule has 134 valence electrons. The van der Waals surface area contributed by atoms with Gasteiger partial charge in [0.15, 0.2) is 0 Å². The van der Waals surface area contributed by atoms with Gasteiger partial charge in [0, 0.05) is 18.2 Å². The number of unbranched alkanes of at least 4 members (excludes halogenated alkanes) is 5. The molecule has 25 heavy (non-hydrogen) atoms. The van der Waals surface area contributed by atoms with E-state index in [0.29, 0.717) is 6.42 Å². The van der Waals surface area contributed by atoms with Gasteiger partial charge in [0.05, 0.1) is 12.3 Å². The third-order valence-corrected chi connectivity index (χ3v) is 4.29. The van der Waals surface area contributed by atoms with E-state index < -0.39 is 0 Å². The lowest BCUT2D eigenvalue weighted by Gasteiger charge is -2.07. The van der Waals surface area contributed by atoms with Gasteiger partial charge < -0.3 is 9.53 Å². The number of hydrogen-bond donors (Lipinski definition) is 0. The number of nitrogens with zero attached hydrogens (tertiary/aromatic N) is 1. The molecule has 3 heteroatoms. The highest BCUT2D eigenvalue weighted by Crippen LogP contribution is 2.21. The van der Waals surface area contributed by atoms with E-state index in [-0.39, 0.29) is 0 Å². The van der Waals surface area contributed by atoms with Crippen LogP contribution in [0.2, 0.25) is 0 Å². The Kier molecular flexibility index (Phi) is 8.74. The molecule has 0 aliphatic heterocycles. The van der Waals surface area contributed by atoms with Gasteiger partial charge in [-0.3, -0.25) is 4.98 Å². The molecular weight excluding hydrogens is 310 g/mol. The lowest BCUT2D eigenvalue weighted by molar-refractivity contribution is -0.107. The van der Waals surface area contributed by atoms with E-state index in [1.165, 1.54) is 32.1 Å². The Balaban J connectivity index is 1.76. The van der Waals surface area contributed by atoms with Crippen molar-refractivity contribution in [1.29, 1.82) is 0 Å². The van der Waals surface area contributed by atoms with Crippen LogP contribution in [0.5, 0.6) is 5.75 Å². The first-order valence-electron chi connectivity index (χ1n) is 9.45. The number of carbonyl (C=O) groups excluding carboxylic acids is 1. The number of hydrogen-bond acceptors (Lipinski definition) is 3. The van der Waals surface area contributed by atoms with Gasteiger partial charge in [-0.2, -0.15) is 0 Å². The highest BCUT2D eigenvalue weighted by molar-refractivity contribution is 5.60. The van der Waals surface area contributed by atoms with Crippen molar-refractivity contribution in [2.24, 2.45) is 0 Å². The van der Waals surface area contributed by atoms with Crippen molar-refractivity contribution < 1.29 is 9.53 Å². The number of aromatic nitrogens is 1. The van der Waals surface area contributed by atoms with Crippen LogP contribution in [0.4, 0.5) is 0 Å². The first-order chi connectivity index (χ1) is 12.3. The van der Waals surface area contributed by atoms with E-state index in [9.17, 15) is 4.79 Å². The topological polar surface area (TPSA) is 39.2 Å². The number of benzene rings is 1. The molecule has 0 saturated carbocycles. The molecule has 0 saturated heterocycles. The Morgan fingerprint density at radius 3 is 2.40 bits per heavy atom. The van der Waals surface area contributed by atoms with Gasteiger partial charge in [-0.05, 0) is 48.7 Å². The van der Waals surface area contributed by atoms with Gasteiger partial charge in [0.1, 0.15) is 12.0 Å². The number of aryl methyl sites for hydroxylation is 1. The molecule has 0 N–H and O–H groups in total. The second-order valence-corrected chi connectivity index (χ2v) is 6.40. The highest BCUT2D eigenvalue weighted by Gasteiger charge is 2.01. The Hall–Kier alpha value is -2.16. The van der Waals surface area contributed by atoms with E-state index in [1.807, 2.05) is 42.6 Å². The fraction of sp³-hybridized carbons (Fsp3) is 0.455. The van der Waals surface area contributed by atoms with Gasteiger partial charge >= 0.3 is 0 Å². The predicted molar refractivity (Wildman–Crippen MR) is 103 cm³/mol. The summed E-state index contributed by atoms with van der Waals surface area (Å²) >= 11 is 0. The van der Waals surface area contributed by atoms with Crippen molar-refractivity contribution in [3.63, 3.8) is 0 Å². The smallest absolute Gasteiger partial charge is 0.120 e. The third-order valence-electron chi connectivity index (χ3n) is 4.29. The largest absolute Gasteiger partial charge is 0.494 e. The predicted octanol–water partition coefficient (Wildman–Crippen LogP) is 5.62. The number of ether oxygens (including phenoxy) is 1. The van der Waals surface area contributed by atoms with Gasteiger partial charge in [-0.25, -0.2) is 0 Å². The van der Waals surface area contributed by atoms with E-state index in [2.05, 4.69) is 11.9 Å². The van der Waals surface area contributed by atoms with Gasteiger partial charge in [-0.15, -0.1) is 0 Å². The summed E-state index contributed by atoms with van der Waals surface area (Å²) in [5, 5.41) is 0. The molecule has 1 heterocycles. The summed E-state index contributed by atoms with van der Waals surface area (Å²) in [6.07, 6.45) is 11.7. The van der Waals surface area contributed by atoms with Gasteiger partial charge in [0.2, 0.25) is 0 Å². The van der Waals surface area contributed by atoms with E-state index >= 15 is 0 Å². The van der Waals surface area contributed by atoms with Crippen LogP contribution in [0.1, 0.15) is 57.4 Å². The molecule has 0 aliphatic rings. The summed E-state index contributed by atoms with van der Waals surface area (Å²) in [5.74, 6) is 0.917. The molecule has 3 nitrogen and oxygen atoms in total. The molecule has 0 atom stereocenters. The van der Waals surface area contributed by atoms with Crippen LogP contribution in [0.25, 0.3) is 11.3 Å². The summed E-state index contributed by atoms with van der Waals surface area (Å²) in [6.45, 7) is 3.03. The third kappa shape index (κ3) is 7.08. The Morgan fingerprint density at radius 2 is 1.72 bits per heavy atom. The first kappa shape index (κ1) is 19.2. The Labute approximate surface area is 151 Å². The van der Waals surface area contributed by atoms with Crippen LogP contribution in [0, 0.1) is 0 Å². The normalized spacial score (nSPS) is 10.6. The quantitative estimate of drug-likeness (QED) is 0.372. The van der Waals surface area contributed by atoms with Crippen LogP contribution in [0.15, 0.2) is 42.6 Å². The Bertz CT molecular complexity index is 605. The number of pyridine rings is 1. The molecule has 0 bridgehead atoms. The summed E-state index contributed by atoms with van der Waals surface area (Å²) in [6, 6.07) is 12.2. The van der Waals surface area contributed by atoms with Crippen LogP contribution in [-0.4, -0.2) is 17.9 Å². The van der Waals surface area contributed by atoms with Crippen LogP contribution in [0.3, 0.4) is 0 Å². The monoisotopic (exact) mass is 339 g/mol.